The average molecular weight is 730 g/mol. The quantitative estimate of drug-likeness (QED) is 0.408. The first-order valence-corrected chi connectivity index (χ1v) is 20.4. The molecule has 3 N–H and O–H groups in total. The summed E-state index contributed by atoms with van der Waals surface area (Å²) in [4.78, 5) is 27.6. The Morgan fingerprint density at radius 1 is 0.827 bits per heavy atom. The lowest BCUT2D eigenvalue weighted by Gasteiger charge is -2.47. The van der Waals surface area contributed by atoms with Crippen molar-refractivity contribution in [2.75, 3.05) is 13.7 Å². The van der Waals surface area contributed by atoms with Gasteiger partial charge in [-0.15, -0.1) is 0 Å². The van der Waals surface area contributed by atoms with Gasteiger partial charge in [-0.2, -0.15) is 0 Å². The minimum Gasteiger partial charge on any atom is -0.392 e. The molecular weight excluding hydrogens is 670 g/mol. The number of nitrogens with two attached hydrogens (primary N) is 1. The van der Waals surface area contributed by atoms with E-state index in [9.17, 15) is 14.7 Å². The van der Waals surface area contributed by atoms with Crippen molar-refractivity contribution in [3.63, 3.8) is 0 Å². The first-order chi connectivity index (χ1) is 25.1. The molecule has 1 aliphatic carbocycles. The number of rotatable bonds is 4. The molecule has 0 aromatic rings. The molecule has 0 aromatic carbocycles. The zero-order chi connectivity index (χ0) is 35.9. The second-order valence-corrected chi connectivity index (χ2v) is 17.8. The van der Waals surface area contributed by atoms with Crippen molar-refractivity contribution in [2.24, 2.45) is 29.4 Å². The number of ether oxygens (including phenoxy) is 8. The van der Waals surface area contributed by atoms with E-state index >= 15 is 0 Å². The van der Waals surface area contributed by atoms with Gasteiger partial charge in [0.25, 0.3) is 0 Å². The van der Waals surface area contributed by atoms with Crippen LogP contribution in [0.1, 0.15) is 96.8 Å². The Kier molecular flexibility index (Phi) is 10.0. The van der Waals surface area contributed by atoms with Gasteiger partial charge in [0.2, 0.25) is 0 Å². The van der Waals surface area contributed by atoms with Crippen LogP contribution >= 0.6 is 0 Å². The van der Waals surface area contributed by atoms with E-state index in [0.29, 0.717) is 24.7 Å². The van der Waals surface area contributed by atoms with Crippen LogP contribution in [-0.2, 0) is 47.5 Å². The zero-order valence-electron chi connectivity index (χ0n) is 30.8. The molecule has 9 aliphatic heterocycles. The summed E-state index contributed by atoms with van der Waals surface area (Å²) < 4.78 is 53.3. The molecule has 1 spiro atoms. The number of aliphatic hydroxyl groups excluding tert-OH is 1. The van der Waals surface area contributed by atoms with E-state index in [2.05, 4.69) is 6.58 Å². The molecule has 9 saturated heterocycles. The van der Waals surface area contributed by atoms with Crippen molar-refractivity contribution in [1.29, 1.82) is 0 Å². The van der Waals surface area contributed by atoms with Crippen molar-refractivity contribution in [2.45, 2.75) is 188 Å². The van der Waals surface area contributed by atoms with E-state index in [1.54, 1.807) is 7.11 Å². The summed E-state index contributed by atoms with van der Waals surface area (Å²) >= 11 is 0. The Morgan fingerprint density at radius 3 is 2.44 bits per heavy atom. The summed E-state index contributed by atoms with van der Waals surface area (Å²) in [5, 5.41) is 10.5. The molecular formula is C40H59NO11. The summed E-state index contributed by atoms with van der Waals surface area (Å²) in [6, 6.07) is 0. The second kappa shape index (κ2) is 14.3. The first kappa shape index (κ1) is 36.3. The van der Waals surface area contributed by atoms with Gasteiger partial charge in [-0.1, -0.05) is 13.5 Å². The SMILES string of the molecule is C=C1C[C@@H]2CC[C@@]34CC5OC6[C@@H](O3)C3O[C@H](CC[C@@H]3C[C@H]6[C@H]5O4)CC(=O)C[C@H]3[C@H](CC4OC(CCC1O2)C[C@@H](C)C4=O)OC(C[C@H](O)CN)[C@@H]3OC. The van der Waals surface area contributed by atoms with Gasteiger partial charge in [-0.25, -0.2) is 0 Å². The summed E-state index contributed by atoms with van der Waals surface area (Å²) in [5.74, 6) is -0.393. The lowest BCUT2D eigenvalue weighted by molar-refractivity contribution is -0.281. The molecule has 10 fully saturated rings. The normalized spacial score (nSPS) is 52.4. The minimum absolute atomic E-state index is 0.0397. The van der Waals surface area contributed by atoms with Crippen LogP contribution < -0.4 is 5.73 Å². The number of hydrogen-bond acceptors (Lipinski definition) is 12. The van der Waals surface area contributed by atoms with Gasteiger partial charge in [-0.05, 0) is 62.9 Å². The Labute approximate surface area is 307 Å². The van der Waals surface area contributed by atoms with E-state index in [-0.39, 0.29) is 104 Å². The van der Waals surface area contributed by atoms with E-state index in [4.69, 9.17) is 43.6 Å². The largest absolute Gasteiger partial charge is 0.392 e. The van der Waals surface area contributed by atoms with Crippen LogP contribution in [0.3, 0.4) is 0 Å². The third kappa shape index (κ3) is 6.58. The van der Waals surface area contributed by atoms with Crippen molar-refractivity contribution < 1.29 is 52.6 Å². The van der Waals surface area contributed by atoms with Gasteiger partial charge in [0.15, 0.2) is 11.6 Å². The van der Waals surface area contributed by atoms with Crippen LogP contribution in [0.4, 0.5) is 0 Å². The summed E-state index contributed by atoms with van der Waals surface area (Å²) in [5.41, 5.74) is 6.90. The van der Waals surface area contributed by atoms with Gasteiger partial charge in [0, 0.05) is 69.9 Å². The third-order valence-corrected chi connectivity index (χ3v) is 14.4. The molecule has 10 rings (SSSR count). The molecule has 12 heteroatoms. The van der Waals surface area contributed by atoms with Crippen LogP contribution in [0, 0.1) is 23.7 Å². The minimum atomic E-state index is -0.766. The Balaban J connectivity index is 0.994. The van der Waals surface area contributed by atoms with Crippen LogP contribution in [0.25, 0.3) is 0 Å². The number of ketones is 2. The molecule has 290 valence electrons. The van der Waals surface area contributed by atoms with Crippen molar-refractivity contribution >= 4 is 11.6 Å². The number of hydrogen-bond donors (Lipinski definition) is 2. The monoisotopic (exact) mass is 729 g/mol. The van der Waals surface area contributed by atoms with Gasteiger partial charge >= 0.3 is 0 Å². The lowest BCUT2D eigenvalue weighted by atomic mass is 9.70. The highest BCUT2D eigenvalue weighted by molar-refractivity contribution is 5.86. The molecule has 12 nitrogen and oxygen atoms in total. The maximum atomic E-state index is 14.0. The molecule has 7 unspecified atom stereocenters. The van der Waals surface area contributed by atoms with Crippen molar-refractivity contribution in [1.82, 2.24) is 0 Å². The molecule has 52 heavy (non-hydrogen) atoms. The molecule has 0 amide bonds. The first-order valence-electron chi connectivity index (χ1n) is 20.4. The number of Topliss-reactive ketones (excluding diaryl/α,β-unsaturated/α-hetero) is 2. The highest BCUT2D eigenvalue weighted by atomic mass is 16.8. The molecule has 0 radical (unpaired) electrons. The van der Waals surface area contributed by atoms with Crippen LogP contribution in [0.5, 0.6) is 0 Å². The zero-order valence-corrected chi connectivity index (χ0v) is 30.8. The molecule has 12 bridgehead atoms. The highest BCUT2D eigenvalue weighted by Crippen LogP contribution is 2.58. The maximum absolute atomic E-state index is 14.0. The summed E-state index contributed by atoms with van der Waals surface area (Å²) in [7, 11) is 1.62. The fourth-order valence-corrected chi connectivity index (χ4v) is 11.9. The molecule has 0 aromatic heterocycles. The maximum Gasteiger partial charge on any atom is 0.172 e. The predicted octanol–water partition coefficient (Wildman–Crippen LogP) is 3.32. The second-order valence-electron chi connectivity index (χ2n) is 17.8. The number of carbonyl (C=O) groups excluding carboxylic acids is 2. The molecule has 10 aliphatic rings. The summed E-state index contributed by atoms with van der Waals surface area (Å²) in [6.07, 6.45) is 5.72. The Morgan fingerprint density at radius 2 is 1.62 bits per heavy atom. The van der Waals surface area contributed by atoms with Crippen molar-refractivity contribution in [3.8, 4) is 0 Å². The highest BCUT2D eigenvalue weighted by Gasteiger charge is 2.67. The van der Waals surface area contributed by atoms with E-state index < -0.39 is 36.3 Å². The van der Waals surface area contributed by atoms with Crippen molar-refractivity contribution in [3.05, 3.63) is 12.2 Å². The van der Waals surface area contributed by atoms with Gasteiger partial charge < -0.3 is 48.7 Å². The topological polar surface area (TPSA) is 154 Å². The Bertz CT molecular complexity index is 1380. The predicted molar refractivity (Wildman–Crippen MR) is 185 cm³/mol. The van der Waals surface area contributed by atoms with E-state index in [0.717, 1.165) is 63.4 Å². The lowest BCUT2D eigenvalue weighted by Crippen LogP contribution is -2.56. The smallest absolute Gasteiger partial charge is 0.172 e. The number of fused-ring (bicyclic) bond motifs is 6. The van der Waals surface area contributed by atoms with E-state index in [1.165, 1.54) is 0 Å². The van der Waals surface area contributed by atoms with Gasteiger partial charge in [0.1, 0.15) is 18.0 Å². The molecule has 9 heterocycles. The molecule has 1 saturated carbocycles. The van der Waals surface area contributed by atoms with Crippen LogP contribution in [0.2, 0.25) is 0 Å². The number of methoxy groups -OCH3 is 1. The fourth-order valence-electron chi connectivity index (χ4n) is 11.9. The van der Waals surface area contributed by atoms with Crippen LogP contribution in [-0.4, -0.2) is 122 Å². The average Bonchev–Trinajstić information content (AvgIpc) is 3.79. The summed E-state index contributed by atoms with van der Waals surface area (Å²) in [6.45, 7) is 6.49. The number of aliphatic hydroxyl groups is 1. The number of carbonyl (C=O) groups is 2. The van der Waals surface area contributed by atoms with Crippen LogP contribution in [0.15, 0.2) is 12.2 Å². The van der Waals surface area contributed by atoms with E-state index in [1.807, 2.05) is 6.92 Å². The van der Waals surface area contributed by atoms with Gasteiger partial charge in [-0.3, -0.25) is 9.59 Å². The Hall–Kier alpha value is -1.32. The standard InChI is InChI=1S/C40H59NO11/c1-19-10-26-8-9-40-17-33-37(51-40)28-12-21-4-5-25(48-35(21)39(52-40)38(28)50-33)13-22(42)14-27-30(49-32(36(27)45-3)15-23(43)18-41)16-31-34(44)20(2)11-24(47-31)6-7-29(19)46-26/h20-21,23-33,35-39,43H,1,4-18,41H2,2-3H3/t20-,21-,23+,24?,25-,26+,27+,28+,29?,30+,31?,32?,33?,35?,36-,37-,38?,39+,40+/m1/s1. The third-order valence-electron chi connectivity index (χ3n) is 14.4. The molecule has 19 atom stereocenters. The fraction of sp³-hybridized carbons (Fsp3) is 0.900. The van der Waals surface area contributed by atoms with Gasteiger partial charge in [0.05, 0.1) is 73.2 Å².